The molecule has 0 radical (unpaired) electrons. The number of rotatable bonds is 4. The van der Waals surface area contributed by atoms with Gasteiger partial charge in [0, 0.05) is 30.4 Å². The molecule has 1 aromatic heterocycles. The molecule has 0 spiro atoms. The second-order valence-corrected chi connectivity index (χ2v) is 7.51. The Labute approximate surface area is 175 Å². The number of nitriles is 1. The van der Waals surface area contributed by atoms with Crippen LogP contribution in [0.3, 0.4) is 0 Å². The van der Waals surface area contributed by atoms with Crippen molar-refractivity contribution < 1.29 is 4.79 Å². The lowest BCUT2D eigenvalue weighted by Crippen LogP contribution is -2.50. The molecule has 4 rings (SSSR count). The number of benzene rings is 1. The monoisotopic (exact) mass is 404 g/mol. The summed E-state index contributed by atoms with van der Waals surface area (Å²) in [6, 6.07) is 11.5. The number of para-hydroxylation sites is 1. The molecule has 2 aliphatic heterocycles. The second-order valence-electron chi connectivity index (χ2n) is 7.51. The van der Waals surface area contributed by atoms with Gasteiger partial charge in [-0.15, -0.1) is 5.10 Å². The molecule has 1 saturated heterocycles. The van der Waals surface area contributed by atoms with E-state index in [1.54, 1.807) is 17.4 Å². The number of hydrazine groups is 2. The van der Waals surface area contributed by atoms with Crippen LogP contribution < -0.4 is 21.4 Å². The van der Waals surface area contributed by atoms with Crippen molar-refractivity contribution in [2.45, 2.75) is 38.8 Å². The topological polar surface area (TPSA) is 109 Å². The van der Waals surface area contributed by atoms with Crippen LogP contribution >= 0.6 is 0 Å². The first-order chi connectivity index (χ1) is 14.6. The molecule has 9 nitrogen and oxygen atoms in total. The number of hydrazone groups is 1. The molecule has 0 aliphatic carbocycles. The summed E-state index contributed by atoms with van der Waals surface area (Å²) in [7, 11) is 0. The van der Waals surface area contributed by atoms with Crippen LogP contribution in [0.4, 0.5) is 11.5 Å². The zero-order valence-electron chi connectivity index (χ0n) is 17.0. The summed E-state index contributed by atoms with van der Waals surface area (Å²) in [6.07, 6.45) is 4.96. The molecule has 1 fully saturated rings. The normalized spacial score (nSPS) is 20.3. The standard InChI is InChI=1S/C21H24N8O/c1-14-7-8-17(26-20-15(2)16(11-22)9-10-23-20)12-28(14)21(30)18-5-3-4-6-19(18)29-25-13-24-27-29/h3-6,9-10,13-14,17,27H,7-8,12H2,1-2H3,(H,23,26)(H,24,25)/t14-,17-/m1/s1. The summed E-state index contributed by atoms with van der Waals surface area (Å²) in [5.41, 5.74) is 8.50. The number of pyridine rings is 1. The Hall–Kier alpha value is -3.80. The minimum atomic E-state index is -0.0319. The highest BCUT2D eigenvalue weighted by molar-refractivity contribution is 6.00. The van der Waals surface area contributed by atoms with Gasteiger partial charge in [0.1, 0.15) is 12.2 Å². The zero-order chi connectivity index (χ0) is 21.1. The van der Waals surface area contributed by atoms with Crippen LogP contribution in [0, 0.1) is 18.3 Å². The third kappa shape index (κ3) is 3.72. The first-order valence-electron chi connectivity index (χ1n) is 9.94. The molecule has 0 unspecified atom stereocenters. The van der Waals surface area contributed by atoms with E-state index < -0.39 is 0 Å². The summed E-state index contributed by atoms with van der Waals surface area (Å²) in [6.45, 7) is 4.52. The van der Waals surface area contributed by atoms with E-state index in [0.29, 0.717) is 29.2 Å². The van der Waals surface area contributed by atoms with Crippen molar-refractivity contribution in [1.82, 2.24) is 20.8 Å². The van der Waals surface area contributed by atoms with Gasteiger partial charge >= 0.3 is 0 Å². The number of carbonyl (C=O) groups excluding carboxylic acids is 1. The summed E-state index contributed by atoms with van der Waals surface area (Å²) in [5.74, 6) is 0.666. The molecule has 0 bridgehead atoms. The number of nitrogens with one attached hydrogen (secondary N) is 3. The van der Waals surface area contributed by atoms with Gasteiger partial charge in [-0.1, -0.05) is 12.1 Å². The minimum absolute atomic E-state index is 0.0319. The van der Waals surface area contributed by atoms with Crippen LogP contribution in [-0.2, 0) is 0 Å². The first kappa shape index (κ1) is 19.5. The van der Waals surface area contributed by atoms with Crippen molar-refractivity contribution in [3.05, 3.63) is 53.2 Å². The van der Waals surface area contributed by atoms with Gasteiger partial charge in [0.2, 0.25) is 0 Å². The Bertz CT molecular complexity index is 1010. The van der Waals surface area contributed by atoms with Crippen LogP contribution in [0.2, 0.25) is 0 Å². The largest absolute Gasteiger partial charge is 0.365 e. The highest BCUT2D eigenvalue weighted by Gasteiger charge is 2.32. The molecule has 2 atom stereocenters. The number of hydrogen-bond donors (Lipinski definition) is 3. The number of carbonyl (C=O) groups is 1. The van der Waals surface area contributed by atoms with Crippen molar-refractivity contribution in [3.63, 3.8) is 0 Å². The predicted molar refractivity (Wildman–Crippen MR) is 115 cm³/mol. The maximum Gasteiger partial charge on any atom is 0.256 e. The van der Waals surface area contributed by atoms with Gasteiger partial charge in [0.15, 0.2) is 0 Å². The van der Waals surface area contributed by atoms with Crippen molar-refractivity contribution >= 4 is 23.8 Å². The van der Waals surface area contributed by atoms with Crippen LogP contribution in [0.1, 0.15) is 41.3 Å². The second kappa shape index (κ2) is 8.29. The molecule has 3 heterocycles. The number of likely N-dealkylation sites (tertiary alicyclic amines) is 1. The average molecular weight is 404 g/mol. The Morgan fingerprint density at radius 3 is 2.90 bits per heavy atom. The third-order valence-electron chi connectivity index (χ3n) is 5.59. The van der Waals surface area contributed by atoms with Gasteiger partial charge in [-0.2, -0.15) is 15.9 Å². The molecule has 2 aromatic rings. The van der Waals surface area contributed by atoms with E-state index in [1.807, 2.05) is 36.1 Å². The predicted octanol–water partition coefficient (Wildman–Crippen LogP) is 2.14. The van der Waals surface area contributed by atoms with Crippen molar-refractivity contribution in [1.29, 1.82) is 5.26 Å². The maximum atomic E-state index is 13.5. The van der Waals surface area contributed by atoms with Gasteiger partial charge in [-0.25, -0.2) is 4.98 Å². The van der Waals surface area contributed by atoms with Gasteiger partial charge in [0.05, 0.1) is 22.9 Å². The molecule has 0 saturated carbocycles. The molecule has 2 aliphatic rings. The maximum absolute atomic E-state index is 13.5. The number of anilines is 2. The summed E-state index contributed by atoms with van der Waals surface area (Å²) in [5, 5.41) is 18.2. The molecular weight excluding hydrogens is 380 g/mol. The van der Waals surface area contributed by atoms with Gasteiger partial charge in [-0.05, 0) is 44.9 Å². The van der Waals surface area contributed by atoms with E-state index in [4.69, 9.17) is 0 Å². The average Bonchev–Trinajstić information content (AvgIpc) is 3.31. The number of hydrogen-bond acceptors (Lipinski definition) is 8. The van der Waals surface area contributed by atoms with Gasteiger partial charge in [-0.3, -0.25) is 10.2 Å². The molecular formula is C21H24N8O. The third-order valence-corrected chi connectivity index (χ3v) is 5.59. The smallest absolute Gasteiger partial charge is 0.256 e. The van der Waals surface area contributed by atoms with Crippen LogP contribution in [0.5, 0.6) is 0 Å². The van der Waals surface area contributed by atoms with E-state index in [-0.39, 0.29) is 18.0 Å². The summed E-state index contributed by atoms with van der Waals surface area (Å²) >= 11 is 0. The van der Waals surface area contributed by atoms with E-state index in [2.05, 4.69) is 39.4 Å². The van der Waals surface area contributed by atoms with Crippen molar-refractivity contribution in [3.8, 4) is 6.07 Å². The van der Waals surface area contributed by atoms with Crippen LogP contribution in [0.25, 0.3) is 0 Å². The lowest BCUT2D eigenvalue weighted by Gasteiger charge is -2.39. The Kier molecular flexibility index (Phi) is 5.39. The van der Waals surface area contributed by atoms with Crippen LogP contribution in [0.15, 0.2) is 41.6 Å². The summed E-state index contributed by atoms with van der Waals surface area (Å²) < 4.78 is 0. The minimum Gasteiger partial charge on any atom is -0.365 e. The number of nitrogens with zero attached hydrogens (tertiary/aromatic N) is 5. The Balaban J connectivity index is 1.53. The molecule has 9 heteroatoms. The Morgan fingerprint density at radius 1 is 1.30 bits per heavy atom. The Morgan fingerprint density at radius 2 is 2.13 bits per heavy atom. The SMILES string of the molecule is Cc1c(C#N)ccnc1N[C@@H]1CC[C@@H](C)N(C(=O)c2ccccc2N2NC=NN2)C1. The fraction of sp³-hybridized carbons (Fsp3) is 0.333. The fourth-order valence-corrected chi connectivity index (χ4v) is 3.83. The lowest BCUT2D eigenvalue weighted by atomic mass is 9.97. The first-order valence-corrected chi connectivity index (χ1v) is 9.94. The molecule has 1 aromatic carbocycles. The molecule has 3 N–H and O–H groups in total. The van der Waals surface area contributed by atoms with E-state index >= 15 is 0 Å². The molecule has 154 valence electrons. The van der Waals surface area contributed by atoms with E-state index in [0.717, 1.165) is 18.4 Å². The van der Waals surface area contributed by atoms with Gasteiger partial charge < -0.3 is 10.2 Å². The lowest BCUT2D eigenvalue weighted by molar-refractivity contribution is 0.0622. The fourth-order valence-electron chi connectivity index (χ4n) is 3.83. The van der Waals surface area contributed by atoms with Crippen molar-refractivity contribution in [2.24, 2.45) is 5.10 Å². The number of aromatic nitrogens is 1. The van der Waals surface area contributed by atoms with Crippen molar-refractivity contribution in [2.75, 3.05) is 17.0 Å². The highest BCUT2D eigenvalue weighted by Crippen LogP contribution is 2.27. The van der Waals surface area contributed by atoms with E-state index in [9.17, 15) is 10.1 Å². The van der Waals surface area contributed by atoms with Gasteiger partial charge in [0.25, 0.3) is 5.91 Å². The van der Waals surface area contributed by atoms with E-state index in [1.165, 1.54) is 6.34 Å². The quantitative estimate of drug-likeness (QED) is 0.716. The highest BCUT2D eigenvalue weighted by atomic mass is 16.2. The number of piperidine rings is 1. The molecule has 30 heavy (non-hydrogen) atoms. The summed E-state index contributed by atoms with van der Waals surface area (Å²) in [4.78, 5) is 19.8. The zero-order valence-corrected chi connectivity index (χ0v) is 17.0. The number of amides is 1. The molecule has 1 amide bonds. The van der Waals surface area contributed by atoms with Crippen LogP contribution in [-0.4, -0.2) is 40.8 Å².